The molecule has 2 nitrogen and oxygen atoms in total. The van der Waals surface area contributed by atoms with Crippen LogP contribution in [0.3, 0.4) is 0 Å². The van der Waals surface area contributed by atoms with E-state index in [2.05, 4.69) is 4.98 Å². The van der Waals surface area contributed by atoms with Crippen molar-refractivity contribution in [3.63, 3.8) is 0 Å². The van der Waals surface area contributed by atoms with Gasteiger partial charge in [-0.1, -0.05) is 0 Å². The fraction of sp³-hybridized carbons (Fsp3) is 0.286. The van der Waals surface area contributed by atoms with Crippen molar-refractivity contribution in [1.29, 1.82) is 0 Å². The van der Waals surface area contributed by atoms with E-state index in [1.807, 2.05) is 29.5 Å². The largest absolute Gasteiger partial charge is 0.493 e. The summed E-state index contributed by atoms with van der Waals surface area (Å²) >= 11 is 2.05. The van der Waals surface area contributed by atoms with Crippen LogP contribution in [0.4, 0.5) is 4.39 Å². The Balaban J connectivity index is 2.93. The zero-order chi connectivity index (χ0) is 8.27. The number of halogens is 2. The minimum absolute atomic E-state index is 0.506. The Morgan fingerprint density at radius 3 is 3.09 bits per heavy atom. The first kappa shape index (κ1) is 8.70. The molecule has 0 saturated carbocycles. The van der Waals surface area contributed by atoms with Crippen molar-refractivity contribution in [2.24, 2.45) is 0 Å². The molecular weight excluding hydrogens is 260 g/mol. The van der Waals surface area contributed by atoms with Gasteiger partial charge in [0.15, 0.2) is 0 Å². The fourth-order valence-corrected chi connectivity index (χ4v) is 1.11. The molecule has 60 valence electrons. The normalized spacial score (nSPS) is 9.73. The molecule has 1 aromatic rings. The maximum Gasteiger partial charge on any atom is 0.216 e. The van der Waals surface area contributed by atoms with Gasteiger partial charge in [-0.15, -0.1) is 0 Å². The SMILES string of the molecule is CCOc1cc(F)ncc1I. The van der Waals surface area contributed by atoms with Crippen LogP contribution in [-0.2, 0) is 0 Å². The van der Waals surface area contributed by atoms with Crippen molar-refractivity contribution in [2.45, 2.75) is 6.92 Å². The Hall–Kier alpha value is -0.390. The molecule has 1 rings (SSSR count). The summed E-state index contributed by atoms with van der Waals surface area (Å²) in [6, 6.07) is 1.28. The third-order valence-electron chi connectivity index (χ3n) is 1.09. The molecule has 0 aliphatic carbocycles. The predicted octanol–water partition coefficient (Wildman–Crippen LogP) is 2.22. The van der Waals surface area contributed by atoms with Crippen molar-refractivity contribution >= 4 is 22.6 Å². The first-order valence-corrected chi connectivity index (χ1v) is 4.25. The van der Waals surface area contributed by atoms with E-state index in [0.29, 0.717) is 12.4 Å². The van der Waals surface area contributed by atoms with Crippen molar-refractivity contribution in [3.05, 3.63) is 21.8 Å². The van der Waals surface area contributed by atoms with Crippen molar-refractivity contribution in [1.82, 2.24) is 4.98 Å². The predicted molar refractivity (Wildman–Crippen MR) is 48.1 cm³/mol. The van der Waals surface area contributed by atoms with Crippen molar-refractivity contribution in [2.75, 3.05) is 6.61 Å². The summed E-state index contributed by atoms with van der Waals surface area (Å²) in [5, 5.41) is 0. The van der Waals surface area contributed by atoms with Gasteiger partial charge in [0.1, 0.15) is 5.75 Å². The van der Waals surface area contributed by atoms with Crippen LogP contribution < -0.4 is 4.74 Å². The third kappa shape index (κ3) is 2.28. The van der Waals surface area contributed by atoms with E-state index in [-0.39, 0.29) is 0 Å². The molecule has 0 saturated heterocycles. The Labute approximate surface area is 77.9 Å². The highest BCUT2D eigenvalue weighted by Gasteiger charge is 2.01. The lowest BCUT2D eigenvalue weighted by atomic mass is 10.4. The lowest BCUT2D eigenvalue weighted by molar-refractivity contribution is 0.334. The molecule has 1 aromatic heterocycles. The molecule has 0 aliphatic heterocycles. The van der Waals surface area contributed by atoms with Gasteiger partial charge in [0, 0.05) is 12.3 Å². The average Bonchev–Trinajstić information content (AvgIpc) is 1.98. The zero-order valence-electron chi connectivity index (χ0n) is 5.97. The minimum Gasteiger partial charge on any atom is -0.493 e. The van der Waals surface area contributed by atoms with Crippen molar-refractivity contribution in [3.8, 4) is 5.75 Å². The molecule has 11 heavy (non-hydrogen) atoms. The van der Waals surface area contributed by atoms with E-state index in [4.69, 9.17) is 4.74 Å². The summed E-state index contributed by atoms with van der Waals surface area (Å²) in [7, 11) is 0. The second kappa shape index (κ2) is 3.85. The van der Waals surface area contributed by atoms with Gasteiger partial charge in [-0.2, -0.15) is 4.39 Å². The summed E-state index contributed by atoms with van der Waals surface area (Å²) in [5.74, 6) is 0.0504. The van der Waals surface area contributed by atoms with E-state index < -0.39 is 5.95 Å². The van der Waals surface area contributed by atoms with Crippen LogP contribution in [0.2, 0.25) is 0 Å². The molecular formula is C7H7FINO. The van der Waals surface area contributed by atoms with Crippen LogP contribution in [0.1, 0.15) is 6.92 Å². The van der Waals surface area contributed by atoms with E-state index >= 15 is 0 Å². The molecule has 4 heteroatoms. The molecule has 0 amide bonds. The highest BCUT2D eigenvalue weighted by molar-refractivity contribution is 14.1. The fourth-order valence-electron chi connectivity index (χ4n) is 0.662. The quantitative estimate of drug-likeness (QED) is 0.605. The second-order valence-electron chi connectivity index (χ2n) is 1.87. The van der Waals surface area contributed by atoms with E-state index in [0.717, 1.165) is 3.57 Å². The van der Waals surface area contributed by atoms with Gasteiger partial charge in [0.25, 0.3) is 0 Å². The molecule has 0 unspecified atom stereocenters. The van der Waals surface area contributed by atoms with E-state index in [9.17, 15) is 4.39 Å². The number of nitrogens with zero attached hydrogens (tertiary/aromatic N) is 1. The molecule has 0 aromatic carbocycles. The molecule has 0 spiro atoms. The number of rotatable bonds is 2. The number of aromatic nitrogens is 1. The topological polar surface area (TPSA) is 22.1 Å². The maximum absolute atomic E-state index is 12.5. The van der Waals surface area contributed by atoms with Crippen molar-refractivity contribution < 1.29 is 9.13 Å². The number of hydrogen-bond donors (Lipinski definition) is 0. The van der Waals surface area contributed by atoms with E-state index in [1.54, 1.807) is 0 Å². The first-order chi connectivity index (χ1) is 5.24. The minimum atomic E-state index is -0.506. The summed E-state index contributed by atoms with van der Waals surface area (Å²) in [4.78, 5) is 3.47. The Morgan fingerprint density at radius 2 is 2.45 bits per heavy atom. The molecule has 0 aliphatic rings. The van der Waals surface area contributed by atoms with Crippen LogP contribution >= 0.6 is 22.6 Å². The van der Waals surface area contributed by atoms with Gasteiger partial charge in [-0.3, -0.25) is 0 Å². The van der Waals surface area contributed by atoms with Gasteiger partial charge >= 0.3 is 0 Å². The lowest BCUT2D eigenvalue weighted by Crippen LogP contribution is -1.95. The van der Waals surface area contributed by atoms with E-state index in [1.165, 1.54) is 12.3 Å². The summed E-state index contributed by atoms with van der Waals surface area (Å²) in [6.45, 7) is 2.40. The Kier molecular flexibility index (Phi) is 3.04. The standard InChI is InChI=1S/C7H7FINO/c1-2-11-6-3-7(8)10-4-5(6)9/h3-4H,2H2,1H3. The second-order valence-corrected chi connectivity index (χ2v) is 3.03. The van der Waals surface area contributed by atoms with Crippen LogP contribution in [0.15, 0.2) is 12.3 Å². The van der Waals surface area contributed by atoms with Gasteiger partial charge in [-0.05, 0) is 29.5 Å². The van der Waals surface area contributed by atoms with Gasteiger partial charge in [0.2, 0.25) is 5.95 Å². The molecule has 0 radical (unpaired) electrons. The van der Waals surface area contributed by atoms with Crippen LogP contribution in [0.5, 0.6) is 5.75 Å². The summed E-state index contributed by atoms with van der Waals surface area (Å²) < 4.78 is 18.4. The first-order valence-electron chi connectivity index (χ1n) is 3.18. The smallest absolute Gasteiger partial charge is 0.216 e. The van der Waals surface area contributed by atoms with Gasteiger partial charge in [0.05, 0.1) is 10.2 Å². The monoisotopic (exact) mass is 267 g/mol. The highest BCUT2D eigenvalue weighted by Crippen LogP contribution is 2.19. The molecule has 0 fully saturated rings. The Morgan fingerprint density at radius 1 is 1.73 bits per heavy atom. The number of ether oxygens (including phenoxy) is 1. The third-order valence-corrected chi connectivity index (χ3v) is 1.90. The Bertz CT molecular complexity index is 254. The molecule has 0 N–H and O–H groups in total. The van der Waals surface area contributed by atoms with Crippen LogP contribution in [0.25, 0.3) is 0 Å². The number of pyridine rings is 1. The van der Waals surface area contributed by atoms with Gasteiger partial charge in [-0.25, -0.2) is 4.98 Å². The maximum atomic E-state index is 12.5. The van der Waals surface area contributed by atoms with Gasteiger partial charge < -0.3 is 4.74 Å². The van der Waals surface area contributed by atoms with Crippen LogP contribution in [0, 0.1) is 9.52 Å². The summed E-state index contributed by atoms with van der Waals surface area (Å²) in [6.07, 6.45) is 1.45. The van der Waals surface area contributed by atoms with Crippen LogP contribution in [-0.4, -0.2) is 11.6 Å². The molecule has 0 bridgehead atoms. The average molecular weight is 267 g/mol. The number of hydrogen-bond acceptors (Lipinski definition) is 2. The molecule has 1 heterocycles. The molecule has 0 atom stereocenters. The lowest BCUT2D eigenvalue weighted by Gasteiger charge is -2.03. The summed E-state index contributed by atoms with van der Waals surface area (Å²) in [5.41, 5.74) is 0. The zero-order valence-corrected chi connectivity index (χ0v) is 8.13. The highest BCUT2D eigenvalue weighted by atomic mass is 127.